The SMILES string of the molecule is COc1ccc(C(=O)OCc2nc(-c3ccccc3)no2)cc1F. The molecule has 0 N–H and O–H groups in total. The van der Waals surface area contributed by atoms with Crippen molar-refractivity contribution < 1.29 is 23.2 Å². The molecule has 24 heavy (non-hydrogen) atoms. The maximum Gasteiger partial charge on any atom is 0.338 e. The van der Waals surface area contributed by atoms with Crippen LogP contribution in [0.4, 0.5) is 4.39 Å². The predicted molar refractivity (Wildman–Crippen MR) is 81.8 cm³/mol. The van der Waals surface area contributed by atoms with E-state index in [2.05, 4.69) is 10.1 Å². The Morgan fingerprint density at radius 1 is 1.21 bits per heavy atom. The first-order valence-electron chi connectivity index (χ1n) is 7.06. The minimum atomic E-state index is -0.698. The van der Waals surface area contributed by atoms with E-state index in [4.69, 9.17) is 14.0 Å². The average Bonchev–Trinajstić information content (AvgIpc) is 3.09. The highest BCUT2D eigenvalue weighted by Crippen LogP contribution is 2.19. The molecular weight excluding hydrogens is 315 g/mol. The van der Waals surface area contributed by atoms with Crippen LogP contribution in [-0.4, -0.2) is 23.2 Å². The van der Waals surface area contributed by atoms with Crippen LogP contribution in [0, 0.1) is 5.82 Å². The maximum atomic E-state index is 13.6. The van der Waals surface area contributed by atoms with Gasteiger partial charge in [-0.15, -0.1) is 0 Å². The lowest BCUT2D eigenvalue weighted by Gasteiger charge is -2.04. The summed E-state index contributed by atoms with van der Waals surface area (Å²) in [5.74, 6) is -0.739. The van der Waals surface area contributed by atoms with Crippen LogP contribution in [0.25, 0.3) is 11.4 Å². The lowest BCUT2D eigenvalue weighted by Crippen LogP contribution is -2.06. The molecule has 6 nitrogen and oxygen atoms in total. The largest absolute Gasteiger partial charge is 0.494 e. The second kappa shape index (κ2) is 6.91. The Morgan fingerprint density at radius 2 is 2.00 bits per heavy atom. The molecule has 0 aliphatic heterocycles. The number of ether oxygens (including phenoxy) is 2. The number of aromatic nitrogens is 2. The van der Waals surface area contributed by atoms with Gasteiger partial charge in [0.25, 0.3) is 5.89 Å². The highest BCUT2D eigenvalue weighted by molar-refractivity contribution is 5.89. The zero-order valence-electron chi connectivity index (χ0n) is 12.7. The smallest absolute Gasteiger partial charge is 0.338 e. The summed E-state index contributed by atoms with van der Waals surface area (Å²) in [7, 11) is 1.34. The van der Waals surface area contributed by atoms with Crippen LogP contribution < -0.4 is 4.74 Å². The standard InChI is InChI=1S/C17H13FN2O4/c1-22-14-8-7-12(9-13(14)18)17(21)23-10-15-19-16(20-24-15)11-5-3-2-4-6-11/h2-9H,10H2,1H3. The van der Waals surface area contributed by atoms with E-state index < -0.39 is 11.8 Å². The highest BCUT2D eigenvalue weighted by Gasteiger charge is 2.14. The van der Waals surface area contributed by atoms with Gasteiger partial charge < -0.3 is 14.0 Å². The van der Waals surface area contributed by atoms with E-state index in [-0.39, 0.29) is 23.8 Å². The van der Waals surface area contributed by atoms with Crippen LogP contribution in [0.3, 0.4) is 0 Å². The molecule has 0 amide bonds. The minimum absolute atomic E-state index is 0.0518. The summed E-state index contributed by atoms with van der Waals surface area (Å²) >= 11 is 0. The van der Waals surface area contributed by atoms with Crippen LogP contribution in [0.15, 0.2) is 53.1 Å². The molecule has 0 saturated heterocycles. The number of carbonyl (C=O) groups is 1. The molecule has 0 aliphatic carbocycles. The van der Waals surface area contributed by atoms with E-state index in [1.807, 2.05) is 30.3 Å². The van der Waals surface area contributed by atoms with Gasteiger partial charge in [-0.1, -0.05) is 35.5 Å². The van der Waals surface area contributed by atoms with Crippen molar-refractivity contribution in [2.75, 3.05) is 7.11 Å². The average molecular weight is 328 g/mol. The number of hydrogen-bond acceptors (Lipinski definition) is 6. The molecule has 2 aromatic carbocycles. The molecule has 1 aromatic heterocycles. The fraction of sp³-hybridized carbons (Fsp3) is 0.118. The second-order valence-corrected chi connectivity index (χ2v) is 4.80. The molecule has 3 aromatic rings. The number of halogens is 1. The number of esters is 1. The van der Waals surface area contributed by atoms with E-state index in [1.54, 1.807) is 0 Å². The summed E-state index contributed by atoms with van der Waals surface area (Å²) in [6, 6.07) is 13.1. The monoisotopic (exact) mass is 328 g/mol. The summed E-state index contributed by atoms with van der Waals surface area (Å²) in [6.45, 7) is -0.202. The number of methoxy groups -OCH3 is 1. The van der Waals surface area contributed by atoms with Crippen molar-refractivity contribution in [1.29, 1.82) is 0 Å². The van der Waals surface area contributed by atoms with Gasteiger partial charge in [0.15, 0.2) is 18.2 Å². The van der Waals surface area contributed by atoms with E-state index in [9.17, 15) is 9.18 Å². The third-order valence-electron chi connectivity index (χ3n) is 3.21. The molecule has 0 fully saturated rings. The fourth-order valence-corrected chi connectivity index (χ4v) is 2.02. The van der Waals surface area contributed by atoms with Crippen LogP contribution >= 0.6 is 0 Å². The van der Waals surface area contributed by atoms with Crippen LogP contribution in [-0.2, 0) is 11.3 Å². The van der Waals surface area contributed by atoms with E-state index in [1.165, 1.54) is 19.2 Å². The maximum absolute atomic E-state index is 13.6. The summed E-state index contributed by atoms with van der Waals surface area (Å²) in [5, 5.41) is 3.82. The molecule has 7 heteroatoms. The zero-order chi connectivity index (χ0) is 16.9. The van der Waals surface area contributed by atoms with Gasteiger partial charge in [-0.05, 0) is 18.2 Å². The van der Waals surface area contributed by atoms with Crippen LogP contribution in [0.2, 0.25) is 0 Å². The van der Waals surface area contributed by atoms with E-state index >= 15 is 0 Å². The molecular formula is C17H13FN2O4. The molecule has 3 rings (SSSR count). The lowest BCUT2D eigenvalue weighted by molar-refractivity contribution is 0.0429. The Hall–Kier alpha value is -3.22. The van der Waals surface area contributed by atoms with Crippen molar-refractivity contribution in [2.24, 2.45) is 0 Å². The van der Waals surface area contributed by atoms with Crippen LogP contribution in [0.5, 0.6) is 5.75 Å². The molecule has 0 spiro atoms. The first kappa shape index (κ1) is 15.7. The first-order valence-corrected chi connectivity index (χ1v) is 7.06. The van der Waals surface area contributed by atoms with Crippen LogP contribution in [0.1, 0.15) is 16.2 Å². The van der Waals surface area contributed by atoms with E-state index in [0.29, 0.717) is 5.82 Å². The number of nitrogens with zero attached hydrogens (tertiary/aromatic N) is 2. The summed E-state index contributed by atoms with van der Waals surface area (Å²) in [5.41, 5.74) is 0.854. The van der Waals surface area contributed by atoms with Gasteiger partial charge in [-0.25, -0.2) is 9.18 Å². The number of hydrogen-bond donors (Lipinski definition) is 0. The van der Waals surface area contributed by atoms with Gasteiger partial charge in [0, 0.05) is 5.56 Å². The van der Waals surface area contributed by atoms with Crippen molar-refractivity contribution in [3.8, 4) is 17.1 Å². The lowest BCUT2D eigenvalue weighted by atomic mass is 10.2. The Morgan fingerprint density at radius 3 is 2.71 bits per heavy atom. The Balaban J connectivity index is 1.65. The molecule has 0 unspecified atom stereocenters. The summed E-state index contributed by atoms with van der Waals surface area (Å²) < 4.78 is 28.5. The molecule has 0 atom stereocenters. The number of carbonyl (C=O) groups excluding carboxylic acids is 1. The second-order valence-electron chi connectivity index (χ2n) is 4.80. The van der Waals surface area contributed by atoms with E-state index in [0.717, 1.165) is 11.6 Å². The Kier molecular flexibility index (Phi) is 4.51. The number of rotatable bonds is 5. The molecule has 0 radical (unpaired) electrons. The predicted octanol–water partition coefficient (Wildman–Crippen LogP) is 3.24. The van der Waals surface area contributed by atoms with Crippen molar-refractivity contribution in [3.63, 3.8) is 0 Å². The quantitative estimate of drug-likeness (QED) is 0.669. The third-order valence-corrected chi connectivity index (χ3v) is 3.21. The van der Waals surface area contributed by atoms with Crippen molar-refractivity contribution in [2.45, 2.75) is 6.61 Å². The van der Waals surface area contributed by atoms with Gasteiger partial charge in [0.1, 0.15) is 0 Å². The van der Waals surface area contributed by atoms with Gasteiger partial charge >= 0.3 is 5.97 Å². The normalized spacial score (nSPS) is 10.4. The summed E-state index contributed by atoms with van der Waals surface area (Å²) in [6.07, 6.45) is 0. The van der Waals surface area contributed by atoms with Gasteiger partial charge in [-0.2, -0.15) is 4.98 Å². The van der Waals surface area contributed by atoms with Crippen molar-refractivity contribution in [3.05, 3.63) is 65.8 Å². The summed E-state index contributed by atoms with van der Waals surface area (Å²) in [4.78, 5) is 16.1. The van der Waals surface area contributed by atoms with Gasteiger partial charge in [-0.3, -0.25) is 0 Å². The number of benzene rings is 2. The molecule has 0 aliphatic rings. The van der Waals surface area contributed by atoms with Gasteiger partial charge in [0.2, 0.25) is 5.82 Å². The molecule has 0 bridgehead atoms. The Bertz CT molecular complexity index is 849. The fourth-order valence-electron chi connectivity index (χ4n) is 2.02. The topological polar surface area (TPSA) is 74.5 Å². The third kappa shape index (κ3) is 3.40. The highest BCUT2D eigenvalue weighted by atomic mass is 19.1. The first-order chi connectivity index (χ1) is 11.7. The minimum Gasteiger partial charge on any atom is -0.494 e. The Labute approximate surface area is 136 Å². The molecule has 1 heterocycles. The van der Waals surface area contributed by atoms with Crippen molar-refractivity contribution in [1.82, 2.24) is 10.1 Å². The van der Waals surface area contributed by atoms with Gasteiger partial charge in [0.05, 0.1) is 12.7 Å². The zero-order valence-corrected chi connectivity index (χ0v) is 12.7. The van der Waals surface area contributed by atoms with Crippen molar-refractivity contribution >= 4 is 5.97 Å². The molecule has 0 saturated carbocycles. The molecule has 122 valence electrons.